The third kappa shape index (κ3) is 3.61. The number of aliphatic carboxylic acids is 1. The molecule has 2 N–H and O–H groups in total. The van der Waals surface area contributed by atoms with E-state index in [0.29, 0.717) is 16.6 Å². The van der Waals surface area contributed by atoms with Crippen molar-refractivity contribution in [1.29, 1.82) is 0 Å². The second-order valence-corrected chi connectivity index (χ2v) is 3.78. The minimum Gasteiger partial charge on any atom is -0.481 e. The van der Waals surface area contributed by atoms with E-state index in [1.165, 1.54) is 17.8 Å². The molecular weight excluding hydrogens is 204 g/mol. The smallest absolute Gasteiger partial charge is 0.304 e. The Morgan fingerprint density at radius 2 is 2.43 bits per heavy atom. The molecule has 0 radical (unpaired) electrons. The Labute approximate surface area is 84.6 Å². The number of H-pyrrole nitrogens is 1. The predicted octanol–water partition coefficient (Wildman–Crippen LogP) is 0.645. The largest absolute Gasteiger partial charge is 0.481 e. The number of carboxylic acids is 1. The van der Waals surface area contributed by atoms with Crippen LogP contribution in [-0.4, -0.2) is 26.8 Å². The van der Waals surface area contributed by atoms with E-state index in [1.807, 2.05) is 0 Å². The van der Waals surface area contributed by atoms with Crippen molar-refractivity contribution in [1.82, 2.24) is 9.97 Å². The monoisotopic (exact) mass is 214 g/mol. The van der Waals surface area contributed by atoms with Crippen molar-refractivity contribution in [2.75, 3.05) is 5.75 Å². The van der Waals surface area contributed by atoms with Gasteiger partial charge in [-0.3, -0.25) is 9.59 Å². The van der Waals surface area contributed by atoms with E-state index in [0.717, 1.165) is 0 Å². The van der Waals surface area contributed by atoms with E-state index in [9.17, 15) is 9.59 Å². The first-order valence-corrected chi connectivity index (χ1v) is 4.99. The van der Waals surface area contributed by atoms with Gasteiger partial charge in [-0.25, -0.2) is 4.98 Å². The molecule has 1 heterocycles. The second kappa shape index (κ2) is 4.80. The van der Waals surface area contributed by atoms with Crippen molar-refractivity contribution in [3.05, 3.63) is 22.2 Å². The molecule has 1 aromatic heterocycles. The van der Waals surface area contributed by atoms with Gasteiger partial charge in [0.05, 0.1) is 6.42 Å². The van der Waals surface area contributed by atoms with Crippen LogP contribution in [0.25, 0.3) is 0 Å². The highest BCUT2D eigenvalue weighted by Gasteiger charge is 2.01. The van der Waals surface area contributed by atoms with Crippen LogP contribution >= 0.6 is 11.8 Å². The molecule has 0 aliphatic heterocycles. The molecule has 0 saturated heterocycles. The summed E-state index contributed by atoms with van der Waals surface area (Å²) in [5.74, 6) is 0.111. The highest BCUT2D eigenvalue weighted by molar-refractivity contribution is 7.99. The molecule has 0 amide bonds. The normalized spacial score (nSPS) is 10.1. The van der Waals surface area contributed by atoms with Crippen LogP contribution in [0.15, 0.2) is 15.9 Å². The lowest BCUT2D eigenvalue weighted by Crippen LogP contribution is -2.08. The van der Waals surface area contributed by atoms with E-state index < -0.39 is 5.97 Å². The van der Waals surface area contributed by atoms with Gasteiger partial charge in [0.15, 0.2) is 0 Å². The summed E-state index contributed by atoms with van der Waals surface area (Å²) in [4.78, 5) is 27.8. The van der Waals surface area contributed by atoms with Crippen molar-refractivity contribution in [2.45, 2.75) is 18.4 Å². The number of aromatic nitrogens is 2. The number of carbonyl (C=O) groups is 1. The van der Waals surface area contributed by atoms with Crippen molar-refractivity contribution in [2.24, 2.45) is 0 Å². The first kappa shape index (κ1) is 10.8. The summed E-state index contributed by atoms with van der Waals surface area (Å²) < 4.78 is 0. The Morgan fingerprint density at radius 1 is 1.71 bits per heavy atom. The average Bonchev–Trinajstić information content (AvgIpc) is 2.01. The minimum atomic E-state index is -0.848. The molecule has 1 aromatic rings. The topological polar surface area (TPSA) is 83.0 Å². The summed E-state index contributed by atoms with van der Waals surface area (Å²) in [6.07, 6.45) is 0.0677. The molecular formula is C8H10N2O3S. The molecule has 0 saturated carbocycles. The number of hydrogen-bond acceptors (Lipinski definition) is 4. The fourth-order valence-corrected chi connectivity index (χ4v) is 1.75. The number of thioether (sulfide) groups is 1. The number of carboxylic acid groups (broad SMARTS) is 1. The van der Waals surface area contributed by atoms with Gasteiger partial charge in [-0.15, -0.1) is 11.8 Å². The number of aryl methyl sites for hydroxylation is 1. The van der Waals surface area contributed by atoms with E-state index in [-0.39, 0.29) is 12.0 Å². The van der Waals surface area contributed by atoms with Gasteiger partial charge in [0.25, 0.3) is 5.56 Å². The molecule has 0 atom stereocenters. The number of aromatic amines is 1. The van der Waals surface area contributed by atoms with Crippen LogP contribution in [-0.2, 0) is 4.79 Å². The number of hydrogen-bond donors (Lipinski definition) is 2. The van der Waals surface area contributed by atoms with Crippen LogP contribution in [0.4, 0.5) is 0 Å². The molecule has 6 heteroatoms. The zero-order valence-corrected chi connectivity index (χ0v) is 8.43. The fraction of sp³-hybridized carbons (Fsp3) is 0.375. The number of rotatable bonds is 4. The molecule has 0 aliphatic carbocycles. The van der Waals surface area contributed by atoms with Gasteiger partial charge < -0.3 is 10.1 Å². The highest BCUT2D eigenvalue weighted by Crippen LogP contribution is 2.13. The third-order valence-electron chi connectivity index (χ3n) is 1.40. The Morgan fingerprint density at radius 3 is 3.00 bits per heavy atom. The molecule has 76 valence electrons. The lowest BCUT2D eigenvalue weighted by atomic mass is 10.5. The van der Waals surface area contributed by atoms with Gasteiger partial charge in [-0.2, -0.15) is 0 Å². The lowest BCUT2D eigenvalue weighted by molar-refractivity contribution is -0.136. The first-order chi connectivity index (χ1) is 6.58. The van der Waals surface area contributed by atoms with Crippen LogP contribution in [0.3, 0.4) is 0 Å². The Hall–Kier alpha value is -1.30. The molecule has 0 bridgehead atoms. The second-order valence-electron chi connectivity index (χ2n) is 2.66. The molecule has 14 heavy (non-hydrogen) atoms. The molecule has 0 fully saturated rings. The van der Waals surface area contributed by atoms with Gasteiger partial charge in [-0.05, 0) is 6.92 Å². The molecule has 0 unspecified atom stereocenters. The van der Waals surface area contributed by atoms with Crippen molar-refractivity contribution in [3.63, 3.8) is 0 Å². The van der Waals surface area contributed by atoms with E-state index in [4.69, 9.17) is 5.11 Å². The summed E-state index contributed by atoms with van der Waals surface area (Å²) in [6.45, 7) is 1.68. The number of nitrogens with zero attached hydrogens (tertiary/aromatic N) is 1. The van der Waals surface area contributed by atoms with Crippen LogP contribution < -0.4 is 5.56 Å². The zero-order valence-electron chi connectivity index (χ0n) is 7.61. The Bertz CT molecular complexity index is 388. The van der Waals surface area contributed by atoms with Gasteiger partial charge >= 0.3 is 5.97 Å². The summed E-state index contributed by atoms with van der Waals surface area (Å²) in [5, 5.41) is 8.96. The third-order valence-corrected chi connectivity index (χ3v) is 2.32. The van der Waals surface area contributed by atoms with Gasteiger partial charge in [-0.1, -0.05) is 0 Å². The molecule has 0 aliphatic rings. The first-order valence-electron chi connectivity index (χ1n) is 4.00. The maximum Gasteiger partial charge on any atom is 0.304 e. The standard InChI is InChI=1S/C8H10N2O3S/c1-5-9-6(11)4-7(10-5)14-3-2-8(12)13/h4H,2-3H2,1H3,(H,12,13)(H,9,10,11). The fourth-order valence-electron chi connectivity index (χ4n) is 0.869. The molecule has 0 aromatic carbocycles. The summed E-state index contributed by atoms with van der Waals surface area (Å²) in [7, 11) is 0. The Balaban J connectivity index is 2.59. The molecule has 5 nitrogen and oxygen atoms in total. The quantitative estimate of drug-likeness (QED) is 0.568. The van der Waals surface area contributed by atoms with Crippen molar-refractivity contribution in [3.8, 4) is 0 Å². The van der Waals surface area contributed by atoms with Gasteiger partial charge in [0.1, 0.15) is 10.9 Å². The van der Waals surface area contributed by atoms with Crippen molar-refractivity contribution >= 4 is 17.7 Å². The number of nitrogens with one attached hydrogen (secondary N) is 1. The van der Waals surface area contributed by atoms with Crippen molar-refractivity contribution < 1.29 is 9.90 Å². The minimum absolute atomic E-state index is 0.0677. The lowest BCUT2D eigenvalue weighted by Gasteiger charge is -1.98. The van der Waals surface area contributed by atoms with Gasteiger partial charge in [0, 0.05) is 11.8 Å². The van der Waals surface area contributed by atoms with Gasteiger partial charge in [0.2, 0.25) is 0 Å². The molecule has 1 rings (SSSR count). The average molecular weight is 214 g/mol. The van der Waals surface area contributed by atoms with Crippen LogP contribution in [0.5, 0.6) is 0 Å². The van der Waals surface area contributed by atoms with Crippen LogP contribution in [0.1, 0.15) is 12.2 Å². The Kier molecular flexibility index (Phi) is 3.70. The van der Waals surface area contributed by atoms with E-state index >= 15 is 0 Å². The van der Waals surface area contributed by atoms with Crippen LogP contribution in [0, 0.1) is 6.92 Å². The maximum atomic E-state index is 11.0. The zero-order chi connectivity index (χ0) is 10.6. The maximum absolute atomic E-state index is 11.0. The predicted molar refractivity (Wildman–Crippen MR) is 52.6 cm³/mol. The van der Waals surface area contributed by atoms with Crippen LogP contribution in [0.2, 0.25) is 0 Å². The summed E-state index contributed by atoms with van der Waals surface area (Å²) in [5.41, 5.74) is -0.213. The summed E-state index contributed by atoms with van der Waals surface area (Å²) in [6, 6.07) is 1.36. The highest BCUT2D eigenvalue weighted by atomic mass is 32.2. The SMILES string of the molecule is Cc1nc(SCCC(=O)O)cc(=O)[nH]1. The van der Waals surface area contributed by atoms with E-state index in [1.54, 1.807) is 6.92 Å². The molecule has 0 spiro atoms. The summed E-state index contributed by atoms with van der Waals surface area (Å²) >= 11 is 1.27. The van der Waals surface area contributed by atoms with E-state index in [2.05, 4.69) is 9.97 Å².